The molecule has 0 aliphatic heterocycles. The number of fused-ring (bicyclic) bond motifs is 3. The third-order valence-electron chi connectivity index (χ3n) is 8.41. The van der Waals surface area contributed by atoms with E-state index in [0.717, 1.165) is 5.69 Å². The second-order valence-electron chi connectivity index (χ2n) is 11.6. The number of ketones is 2. The molecule has 5 N–H and O–H groups in total. The van der Waals surface area contributed by atoms with Crippen molar-refractivity contribution in [3.8, 4) is 5.75 Å². The van der Waals surface area contributed by atoms with Crippen molar-refractivity contribution >= 4 is 29.6 Å². The molecule has 3 aliphatic rings. The third-order valence-corrected chi connectivity index (χ3v) is 8.41. The predicted molar refractivity (Wildman–Crippen MR) is 139 cm³/mol. The summed E-state index contributed by atoms with van der Waals surface area (Å²) in [5.41, 5.74) is 5.58. The SMILES string of the molecule is CC1=C2C(=O)c3c(O)c(CN(C=O)CC(C)C)cc(N(C)C)c3CC2C[C@H]2CC(O)C(C(N)=O)C(=O)[C@@]12O. The van der Waals surface area contributed by atoms with Crippen LogP contribution in [-0.4, -0.2) is 76.4 Å². The topological polar surface area (TPSA) is 161 Å². The summed E-state index contributed by atoms with van der Waals surface area (Å²) in [6, 6.07) is 1.80. The molecule has 10 heteroatoms. The van der Waals surface area contributed by atoms with Gasteiger partial charge >= 0.3 is 0 Å². The molecular formula is C28H37N3O7. The molecule has 1 fully saturated rings. The zero-order valence-electron chi connectivity index (χ0n) is 22.5. The van der Waals surface area contributed by atoms with Gasteiger partial charge < -0.3 is 30.9 Å². The van der Waals surface area contributed by atoms with Crippen LogP contribution in [0.3, 0.4) is 0 Å². The van der Waals surface area contributed by atoms with Gasteiger partial charge in [-0.1, -0.05) is 13.8 Å². The van der Waals surface area contributed by atoms with E-state index in [-0.39, 0.29) is 53.7 Å². The summed E-state index contributed by atoms with van der Waals surface area (Å²) in [5.74, 6) is -5.01. The van der Waals surface area contributed by atoms with Crippen molar-refractivity contribution in [3.63, 3.8) is 0 Å². The van der Waals surface area contributed by atoms with E-state index in [9.17, 15) is 34.5 Å². The molecule has 3 aliphatic carbocycles. The van der Waals surface area contributed by atoms with Crippen molar-refractivity contribution in [2.45, 2.75) is 58.3 Å². The molecule has 0 spiro atoms. The van der Waals surface area contributed by atoms with Gasteiger partial charge in [0.25, 0.3) is 0 Å². The van der Waals surface area contributed by atoms with Crippen LogP contribution in [-0.2, 0) is 27.3 Å². The van der Waals surface area contributed by atoms with Gasteiger partial charge in [0.15, 0.2) is 11.6 Å². The summed E-state index contributed by atoms with van der Waals surface area (Å²) in [6.07, 6.45) is 0.0511. The van der Waals surface area contributed by atoms with E-state index in [4.69, 9.17) is 5.73 Å². The molecule has 38 heavy (non-hydrogen) atoms. The summed E-state index contributed by atoms with van der Waals surface area (Å²) in [6.45, 7) is 6.04. The third kappa shape index (κ3) is 4.19. The fourth-order valence-electron chi connectivity index (χ4n) is 6.74. The number of hydrogen-bond donors (Lipinski definition) is 4. The van der Waals surface area contributed by atoms with Gasteiger partial charge in [-0.3, -0.25) is 19.2 Å². The first kappa shape index (κ1) is 27.8. The highest BCUT2D eigenvalue weighted by atomic mass is 16.3. The summed E-state index contributed by atoms with van der Waals surface area (Å²) in [5, 5.41) is 33.5. The molecule has 206 valence electrons. The lowest BCUT2D eigenvalue weighted by Gasteiger charge is -2.50. The van der Waals surface area contributed by atoms with Gasteiger partial charge in [0.2, 0.25) is 12.3 Å². The van der Waals surface area contributed by atoms with Crippen LogP contribution in [0.15, 0.2) is 17.2 Å². The van der Waals surface area contributed by atoms with Crippen LogP contribution >= 0.6 is 0 Å². The number of amides is 2. The molecule has 5 atom stereocenters. The van der Waals surface area contributed by atoms with Crippen LogP contribution in [0.4, 0.5) is 5.69 Å². The van der Waals surface area contributed by atoms with Crippen LogP contribution in [0.25, 0.3) is 0 Å². The molecule has 10 nitrogen and oxygen atoms in total. The number of nitrogens with zero attached hydrogens (tertiary/aromatic N) is 2. The number of aliphatic hydroxyl groups is 2. The second kappa shape index (κ2) is 9.81. The number of primary amides is 1. The number of aliphatic hydroxyl groups excluding tert-OH is 1. The number of rotatable bonds is 7. The van der Waals surface area contributed by atoms with E-state index < -0.39 is 41.0 Å². The van der Waals surface area contributed by atoms with Gasteiger partial charge in [-0.05, 0) is 55.2 Å². The number of phenols is 1. The number of benzene rings is 1. The molecule has 4 rings (SSSR count). The number of phenolic OH excluding ortho intramolecular Hbond substituents is 1. The van der Waals surface area contributed by atoms with Crippen LogP contribution in [0.2, 0.25) is 0 Å². The maximum atomic E-state index is 14.1. The van der Waals surface area contributed by atoms with Crippen molar-refractivity contribution in [2.75, 3.05) is 25.5 Å². The molecule has 1 saturated carbocycles. The van der Waals surface area contributed by atoms with Crippen LogP contribution in [0.1, 0.15) is 55.1 Å². The fourth-order valence-corrected chi connectivity index (χ4v) is 6.74. The van der Waals surface area contributed by atoms with E-state index in [0.29, 0.717) is 30.5 Å². The highest BCUT2D eigenvalue weighted by molar-refractivity contribution is 6.16. The Kier molecular flexibility index (Phi) is 7.18. The Balaban J connectivity index is 1.86. The Bertz CT molecular complexity index is 1240. The van der Waals surface area contributed by atoms with Gasteiger partial charge in [0.1, 0.15) is 17.3 Å². The van der Waals surface area contributed by atoms with Crippen molar-refractivity contribution in [1.29, 1.82) is 0 Å². The molecule has 0 aromatic heterocycles. The van der Waals surface area contributed by atoms with Crippen molar-refractivity contribution in [2.24, 2.45) is 29.4 Å². The number of Topliss-reactive ketones (excluding diaryl/α,β-unsaturated/α-hetero) is 2. The number of allylic oxidation sites excluding steroid dienone is 1. The normalized spacial score (nSPS) is 28.5. The number of aromatic hydroxyl groups is 1. The Morgan fingerprint density at radius 3 is 2.47 bits per heavy atom. The molecule has 0 saturated heterocycles. The quantitative estimate of drug-likeness (QED) is 0.301. The monoisotopic (exact) mass is 527 g/mol. The van der Waals surface area contributed by atoms with Crippen LogP contribution in [0.5, 0.6) is 5.75 Å². The average Bonchev–Trinajstić information content (AvgIpc) is 2.81. The first-order valence-corrected chi connectivity index (χ1v) is 13.0. The first-order valence-electron chi connectivity index (χ1n) is 13.0. The van der Waals surface area contributed by atoms with Gasteiger partial charge in [-0.15, -0.1) is 0 Å². The van der Waals surface area contributed by atoms with E-state index >= 15 is 0 Å². The van der Waals surface area contributed by atoms with Crippen LogP contribution < -0.4 is 10.6 Å². The summed E-state index contributed by atoms with van der Waals surface area (Å²) in [7, 11) is 3.67. The van der Waals surface area contributed by atoms with Gasteiger partial charge in [0.05, 0.1) is 11.7 Å². The highest BCUT2D eigenvalue weighted by Crippen LogP contribution is 2.53. The van der Waals surface area contributed by atoms with E-state index in [1.54, 1.807) is 6.07 Å². The largest absolute Gasteiger partial charge is 0.507 e. The molecule has 0 radical (unpaired) electrons. The molecule has 0 bridgehead atoms. The van der Waals surface area contributed by atoms with Crippen molar-refractivity contribution in [3.05, 3.63) is 33.9 Å². The Morgan fingerprint density at radius 1 is 1.26 bits per heavy atom. The predicted octanol–water partition coefficient (Wildman–Crippen LogP) is 0.930. The van der Waals surface area contributed by atoms with Crippen molar-refractivity contribution < 1.29 is 34.5 Å². The summed E-state index contributed by atoms with van der Waals surface area (Å²) < 4.78 is 0. The van der Waals surface area contributed by atoms with Crippen molar-refractivity contribution in [1.82, 2.24) is 4.90 Å². The average molecular weight is 528 g/mol. The zero-order chi connectivity index (χ0) is 28.3. The summed E-state index contributed by atoms with van der Waals surface area (Å²) in [4.78, 5) is 54.4. The first-order chi connectivity index (χ1) is 17.7. The smallest absolute Gasteiger partial charge is 0.230 e. The maximum Gasteiger partial charge on any atom is 0.230 e. The number of hydrogen-bond acceptors (Lipinski definition) is 8. The lowest BCUT2D eigenvalue weighted by molar-refractivity contribution is -0.163. The van der Waals surface area contributed by atoms with E-state index in [2.05, 4.69) is 0 Å². The Morgan fingerprint density at radius 2 is 1.92 bits per heavy atom. The maximum absolute atomic E-state index is 14.1. The molecule has 1 aromatic rings. The van der Waals surface area contributed by atoms with E-state index in [1.165, 1.54) is 11.8 Å². The van der Waals surface area contributed by atoms with Gasteiger partial charge in [-0.2, -0.15) is 0 Å². The number of carbonyl (C=O) groups excluding carboxylic acids is 4. The summed E-state index contributed by atoms with van der Waals surface area (Å²) >= 11 is 0. The van der Waals surface area contributed by atoms with Gasteiger partial charge in [0, 0.05) is 49.9 Å². The number of anilines is 1. The molecule has 1 aromatic carbocycles. The second-order valence-corrected chi connectivity index (χ2v) is 11.6. The minimum absolute atomic E-state index is 0.000120. The minimum atomic E-state index is -2.11. The molecule has 0 heterocycles. The Labute approximate surface area is 222 Å². The van der Waals surface area contributed by atoms with Crippen LogP contribution in [0, 0.1) is 23.7 Å². The molecule has 2 amide bonds. The lowest BCUT2D eigenvalue weighted by atomic mass is 9.56. The van der Waals surface area contributed by atoms with Gasteiger partial charge in [-0.25, -0.2) is 0 Å². The zero-order valence-corrected chi connectivity index (χ0v) is 22.5. The fraction of sp³-hybridized carbons (Fsp3) is 0.571. The number of carbonyl (C=O) groups is 4. The Hall–Kier alpha value is -3.24. The number of nitrogens with two attached hydrogens (primary N) is 1. The lowest BCUT2D eigenvalue weighted by Crippen LogP contribution is -2.62. The standard InChI is InChI=1S/C28H37N3O7/c1-13(2)10-31(12-32)11-16-8-19(30(4)5)18-7-15-6-17-9-20(33)23(27(29)37)26(36)28(17,38)14(3)21(15)25(35)22(18)24(16)34/h8,12-13,15,17,20,23,33-34,38H,6-7,9-11H2,1-5H3,(H2,29,37)/t15?,17-,20?,23?,28+/m0/s1. The minimum Gasteiger partial charge on any atom is -0.507 e. The highest BCUT2D eigenvalue weighted by Gasteiger charge is 2.60. The molecular weight excluding hydrogens is 490 g/mol. The molecule has 3 unspecified atom stereocenters. The van der Waals surface area contributed by atoms with E-state index in [1.807, 2.05) is 32.8 Å².